The summed E-state index contributed by atoms with van der Waals surface area (Å²) >= 11 is 0. The largest absolute Gasteiger partial charge is 0.508 e. The molecule has 1 aliphatic rings. The third kappa shape index (κ3) is 3.13. The first-order chi connectivity index (χ1) is 9.81. The fraction of sp³-hybridized carbons (Fsp3) is 0.333. The van der Waals surface area contributed by atoms with Crippen molar-refractivity contribution in [3.63, 3.8) is 0 Å². The van der Waals surface area contributed by atoms with Crippen molar-refractivity contribution < 1.29 is 5.11 Å². The van der Waals surface area contributed by atoms with E-state index in [2.05, 4.69) is 41.3 Å². The second-order valence-corrected chi connectivity index (χ2v) is 5.55. The molecule has 0 aromatic heterocycles. The monoisotopic (exact) mass is 266 g/mol. The molecule has 0 aliphatic carbocycles. The molecule has 0 atom stereocenters. The number of piperidine rings is 1. The maximum Gasteiger partial charge on any atom is 0.116 e. The van der Waals surface area contributed by atoms with Gasteiger partial charge in [-0.1, -0.05) is 30.3 Å². The zero-order chi connectivity index (χ0) is 13.8. The normalized spacial score (nSPS) is 16.3. The lowest BCUT2D eigenvalue weighted by Crippen LogP contribution is -2.34. The molecule has 2 heteroatoms. The Kier molecular flexibility index (Phi) is 3.91. The molecule has 2 aromatic carbocycles. The molecule has 1 aliphatic heterocycles. The molecule has 1 radical (unpaired) electrons. The van der Waals surface area contributed by atoms with Gasteiger partial charge >= 0.3 is 0 Å². The van der Waals surface area contributed by atoms with Crippen LogP contribution in [0.25, 0.3) is 0 Å². The van der Waals surface area contributed by atoms with Gasteiger partial charge in [-0.05, 0) is 48.9 Å². The average molecular weight is 266 g/mol. The fourth-order valence-corrected chi connectivity index (χ4v) is 2.93. The van der Waals surface area contributed by atoms with Crippen molar-refractivity contribution in [2.45, 2.75) is 19.3 Å². The number of rotatable bonds is 3. The number of aromatic hydroxyl groups is 1. The lowest BCUT2D eigenvalue weighted by Gasteiger charge is -2.33. The molecule has 1 saturated heterocycles. The van der Waals surface area contributed by atoms with E-state index in [-0.39, 0.29) is 5.75 Å². The third-order valence-electron chi connectivity index (χ3n) is 4.10. The van der Waals surface area contributed by atoms with Gasteiger partial charge < -0.3 is 10.0 Å². The van der Waals surface area contributed by atoms with Crippen molar-refractivity contribution in [3.8, 4) is 5.75 Å². The lowest BCUT2D eigenvalue weighted by molar-refractivity contribution is 0.403. The summed E-state index contributed by atoms with van der Waals surface area (Å²) in [6.45, 7) is 2.16. The molecule has 20 heavy (non-hydrogen) atoms. The lowest BCUT2D eigenvalue weighted by atomic mass is 9.90. The van der Waals surface area contributed by atoms with Gasteiger partial charge in [0.05, 0.1) is 0 Å². The molecular formula is C18H20NO. The number of anilines is 1. The van der Waals surface area contributed by atoms with E-state index in [1.807, 2.05) is 6.07 Å². The zero-order valence-electron chi connectivity index (χ0n) is 11.6. The predicted octanol–water partition coefficient (Wildman–Crippen LogP) is 3.65. The first kappa shape index (κ1) is 13.0. The van der Waals surface area contributed by atoms with E-state index < -0.39 is 0 Å². The van der Waals surface area contributed by atoms with Crippen LogP contribution in [-0.2, 0) is 6.42 Å². The molecule has 0 unspecified atom stereocenters. The minimum atomic E-state index is 0.285. The highest BCUT2D eigenvalue weighted by Crippen LogP contribution is 2.26. The number of phenols is 1. The number of nitrogens with zero attached hydrogens (tertiary/aromatic N) is 1. The molecule has 1 fully saturated rings. The maximum absolute atomic E-state index is 9.31. The molecule has 2 nitrogen and oxygen atoms in total. The smallest absolute Gasteiger partial charge is 0.116 e. The summed E-state index contributed by atoms with van der Waals surface area (Å²) in [5, 5.41) is 9.31. The highest BCUT2D eigenvalue weighted by molar-refractivity contribution is 5.47. The van der Waals surface area contributed by atoms with Gasteiger partial charge in [-0.25, -0.2) is 0 Å². The summed E-state index contributed by atoms with van der Waals surface area (Å²) in [5.41, 5.74) is 2.54. The highest BCUT2D eigenvalue weighted by Gasteiger charge is 2.19. The second-order valence-electron chi connectivity index (χ2n) is 5.55. The summed E-state index contributed by atoms with van der Waals surface area (Å²) in [5.74, 6) is 1.07. The van der Waals surface area contributed by atoms with Crippen LogP contribution in [0.4, 0.5) is 5.69 Å². The topological polar surface area (TPSA) is 23.5 Å². The van der Waals surface area contributed by atoms with Crippen LogP contribution in [0, 0.1) is 12.0 Å². The zero-order valence-corrected chi connectivity index (χ0v) is 11.6. The van der Waals surface area contributed by atoms with Gasteiger partial charge in [0.1, 0.15) is 5.75 Å². The van der Waals surface area contributed by atoms with Crippen molar-refractivity contribution in [2.24, 2.45) is 5.92 Å². The molecule has 0 amide bonds. The van der Waals surface area contributed by atoms with E-state index in [0.29, 0.717) is 0 Å². The third-order valence-corrected chi connectivity index (χ3v) is 4.10. The molecule has 1 heterocycles. The molecule has 0 spiro atoms. The van der Waals surface area contributed by atoms with Crippen LogP contribution >= 0.6 is 0 Å². The molecule has 103 valence electrons. The van der Waals surface area contributed by atoms with Gasteiger partial charge in [0, 0.05) is 24.8 Å². The van der Waals surface area contributed by atoms with Crippen LogP contribution in [0.1, 0.15) is 18.4 Å². The summed E-state index contributed by atoms with van der Waals surface area (Å²) in [6.07, 6.45) is 3.64. The van der Waals surface area contributed by atoms with Crippen molar-refractivity contribution in [1.82, 2.24) is 0 Å². The Morgan fingerprint density at radius 1 is 1.05 bits per heavy atom. The van der Waals surface area contributed by atoms with Crippen LogP contribution in [0.2, 0.25) is 0 Å². The van der Waals surface area contributed by atoms with Crippen LogP contribution in [0.15, 0.2) is 48.5 Å². The highest BCUT2D eigenvalue weighted by atomic mass is 16.3. The van der Waals surface area contributed by atoms with E-state index in [9.17, 15) is 5.11 Å². The summed E-state index contributed by atoms with van der Waals surface area (Å²) in [7, 11) is 0. The van der Waals surface area contributed by atoms with E-state index in [4.69, 9.17) is 0 Å². The van der Waals surface area contributed by atoms with Gasteiger partial charge in [0.25, 0.3) is 0 Å². The van der Waals surface area contributed by atoms with E-state index in [1.165, 1.54) is 24.8 Å². The summed E-state index contributed by atoms with van der Waals surface area (Å²) in [6, 6.07) is 19.2. The van der Waals surface area contributed by atoms with Gasteiger partial charge in [-0.2, -0.15) is 0 Å². The Morgan fingerprint density at radius 2 is 1.80 bits per heavy atom. The van der Waals surface area contributed by atoms with Crippen molar-refractivity contribution in [1.29, 1.82) is 0 Å². The van der Waals surface area contributed by atoms with Gasteiger partial charge in [0.2, 0.25) is 0 Å². The van der Waals surface area contributed by atoms with Gasteiger partial charge in [0.15, 0.2) is 0 Å². The SMILES string of the molecule is Oc1c[c]c(N2CCC(Cc3ccccc3)CC2)cc1. The van der Waals surface area contributed by atoms with Crippen LogP contribution in [0.3, 0.4) is 0 Å². The van der Waals surface area contributed by atoms with E-state index in [1.54, 1.807) is 12.1 Å². The minimum Gasteiger partial charge on any atom is -0.508 e. The van der Waals surface area contributed by atoms with E-state index >= 15 is 0 Å². The standard InChI is InChI=1S/C18H20NO/c20-18-8-6-17(7-9-18)19-12-10-16(11-13-19)14-15-4-2-1-3-5-15/h1-6,8-9,16,20H,10-14H2. The summed E-state index contributed by atoms with van der Waals surface area (Å²) < 4.78 is 0. The first-order valence-corrected chi connectivity index (χ1v) is 7.31. The number of hydrogen-bond donors (Lipinski definition) is 1. The van der Waals surface area contributed by atoms with Crippen LogP contribution in [-0.4, -0.2) is 18.2 Å². The maximum atomic E-state index is 9.31. The molecule has 2 aromatic rings. The first-order valence-electron chi connectivity index (χ1n) is 7.31. The number of benzene rings is 2. The average Bonchev–Trinajstić information content (AvgIpc) is 2.50. The van der Waals surface area contributed by atoms with Crippen molar-refractivity contribution in [2.75, 3.05) is 18.0 Å². The molecule has 0 bridgehead atoms. The predicted molar refractivity (Wildman–Crippen MR) is 82.0 cm³/mol. The Hall–Kier alpha value is -1.96. The Morgan fingerprint density at radius 3 is 2.45 bits per heavy atom. The quantitative estimate of drug-likeness (QED) is 0.916. The van der Waals surface area contributed by atoms with Gasteiger partial charge in [-0.15, -0.1) is 0 Å². The Bertz CT molecular complexity index is 527. The molecule has 1 N–H and O–H groups in total. The van der Waals surface area contributed by atoms with Crippen LogP contribution in [0.5, 0.6) is 5.75 Å². The number of hydrogen-bond acceptors (Lipinski definition) is 2. The fourth-order valence-electron chi connectivity index (χ4n) is 2.93. The van der Waals surface area contributed by atoms with Crippen LogP contribution < -0.4 is 4.90 Å². The van der Waals surface area contributed by atoms with Gasteiger partial charge in [-0.3, -0.25) is 0 Å². The Balaban J connectivity index is 1.55. The van der Waals surface area contributed by atoms with Crippen molar-refractivity contribution >= 4 is 5.69 Å². The molecule has 0 saturated carbocycles. The summed E-state index contributed by atoms with van der Waals surface area (Å²) in [4.78, 5) is 2.36. The van der Waals surface area contributed by atoms with E-state index in [0.717, 1.165) is 24.7 Å². The second kappa shape index (κ2) is 6.00. The number of phenolic OH excluding ortho intramolecular Hbond substituents is 1. The Labute approximate surface area is 120 Å². The van der Waals surface area contributed by atoms with Crippen molar-refractivity contribution in [3.05, 3.63) is 60.2 Å². The minimum absolute atomic E-state index is 0.285. The molecular weight excluding hydrogens is 246 g/mol. The molecule has 3 rings (SSSR count).